The first-order valence-corrected chi connectivity index (χ1v) is 27.3. The molecule has 0 aromatic rings. The first-order chi connectivity index (χ1) is 30.0. The maximum absolute atomic E-state index is 12.5. The van der Waals surface area contributed by atoms with Crippen LogP contribution in [0.15, 0.2) is 36.5 Å². The highest BCUT2D eigenvalue weighted by molar-refractivity contribution is 5.76. The fraction of sp³-hybridized carbons (Fsp3) is 0.875. The smallest absolute Gasteiger partial charge is 0.222 e. The summed E-state index contributed by atoms with van der Waals surface area (Å²) in [5.74, 6) is -0.325. The minimum atomic E-state index is -0.958. The van der Waals surface area contributed by atoms with Crippen molar-refractivity contribution < 1.29 is 20.1 Å². The molecule has 360 valence electrons. The summed E-state index contributed by atoms with van der Waals surface area (Å²) in [5.41, 5.74) is 0. The Morgan fingerprint density at radius 3 is 1.05 bits per heavy atom. The highest BCUT2D eigenvalue weighted by Crippen LogP contribution is 2.17. The van der Waals surface area contributed by atoms with Crippen LogP contribution in [0.1, 0.15) is 290 Å². The van der Waals surface area contributed by atoms with Crippen LogP contribution in [0, 0.1) is 0 Å². The van der Waals surface area contributed by atoms with Crippen LogP contribution in [-0.2, 0) is 4.79 Å². The molecule has 61 heavy (non-hydrogen) atoms. The summed E-state index contributed by atoms with van der Waals surface area (Å²) in [6.45, 7) is 4.21. The molecule has 0 radical (unpaired) electrons. The Morgan fingerprint density at radius 1 is 0.410 bits per heavy atom. The zero-order valence-electron chi connectivity index (χ0n) is 41.1. The molecule has 0 fully saturated rings. The predicted molar refractivity (Wildman–Crippen MR) is 268 cm³/mol. The van der Waals surface area contributed by atoms with Gasteiger partial charge in [-0.15, -0.1) is 0 Å². The number of hydrogen-bond acceptors (Lipinski definition) is 4. The summed E-state index contributed by atoms with van der Waals surface area (Å²) in [6.07, 6.45) is 66.2. The van der Waals surface area contributed by atoms with Crippen molar-refractivity contribution in [2.24, 2.45) is 0 Å². The number of aliphatic hydroxyl groups excluding tert-OH is 3. The molecular formula is C56H107NO4. The predicted octanol–water partition coefficient (Wildman–Crippen LogP) is 16.7. The van der Waals surface area contributed by atoms with Gasteiger partial charge < -0.3 is 20.6 Å². The lowest BCUT2D eigenvalue weighted by atomic mass is 10.0. The van der Waals surface area contributed by atoms with E-state index in [0.29, 0.717) is 6.42 Å². The lowest BCUT2D eigenvalue weighted by molar-refractivity contribution is -0.124. The molecule has 4 N–H and O–H groups in total. The lowest BCUT2D eigenvalue weighted by Gasteiger charge is -2.21. The van der Waals surface area contributed by atoms with Gasteiger partial charge in [0.1, 0.15) is 0 Å². The quantitative estimate of drug-likeness (QED) is 0.0362. The summed E-state index contributed by atoms with van der Waals surface area (Å²) in [5, 5.41) is 33.3. The molecule has 5 heteroatoms. The number of carbonyl (C=O) groups excluding carboxylic acids is 1. The third kappa shape index (κ3) is 47.9. The van der Waals surface area contributed by atoms with Gasteiger partial charge >= 0.3 is 0 Å². The Balaban J connectivity index is 3.54. The summed E-state index contributed by atoms with van der Waals surface area (Å²) in [4.78, 5) is 12.5. The van der Waals surface area contributed by atoms with Crippen LogP contribution in [-0.4, -0.2) is 46.1 Å². The van der Waals surface area contributed by atoms with E-state index >= 15 is 0 Å². The third-order valence-corrected chi connectivity index (χ3v) is 12.7. The van der Waals surface area contributed by atoms with Crippen molar-refractivity contribution in [3.05, 3.63) is 36.5 Å². The number of allylic oxidation sites excluding steroid dienone is 5. The molecule has 0 heterocycles. The second kappa shape index (κ2) is 51.2. The van der Waals surface area contributed by atoms with Crippen molar-refractivity contribution in [3.63, 3.8) is 0 Å². The second-order valence-electron chi connectivity index (χ2n) is 18.8. The van der Waals surface area contributed by atoms with Crippen LogP contribution < -0.4 is 5.32 Å². The van der Waals surface area contributed by atoms with Gasteiger partial charge in [0.25, 0.3) is 0 Å². The average molecular weight is 858 g/mol. The van der Waals surface area contributed by atoms with Crippen LogP contribution in [0.3, 0.4) is 0 Å². The average Bonchev–Trinajstić information content (AvgIpc) is 3.25. The molecule has 3 unspecified atom stereocenters. The Bertz CT molecular complexity index is 947. The van der Waals surface area contributed by atoms with Crippen molar-refractivity contribution in [3.8, 4) is 0 Å². The maximum atomic E-state index is 12.5. The van der Waals surface area contributed by atoms with Crippen molar-refractivity contribution in [1.82, 2.24) is 5.32 Å². The Labute approximate surface area is 381 Å². The van der Waals surface area contributed by atoms with Gasteiger partial charge in [0.05, 0.1) is 31.3 Å². The van der Waals surface area contributed by atoms with Crippen molar-refractivity contribution in [2.75, 3.05) is 6.61 Å². The van der Waals surface area contributed by atoms with E-state index < -0.39 is 18.2 Å². The van der Waals surface area contributed by atoms with E-state index in [9.17, 15) is 20.1 Å². The molecule has 0 spiro atoms. The van der Waals surface area contributed by atoms with Crippen LogP contribution in [0.2, 0.25) is 0 Å². The fourth-order valence-corrected chi connectivity index (χ4v) is 8.49. The number of aliphatic hydroxyl groups is 3. The van der Waals surface area contributed by atoms with E-state index in [-0.39, 0.29) is 18.9 Å². The molecule has 1 amide bonds. The van der Waals surface area contributed by atoms with Gasteiger partial charge in [-0.05, 0) is 44.9 Å². The Morgan fingerprint density at radius 2 is 0.705 bits per heavy atom. The fourth-order valence-electron chi connectivity index (χ4n) is 8.49. The van der Waals surface area contributed by atoms with Gasteiger partial charge in [0.15, 0.2) is 0 Å². The van der Waals surface area contributed by atoms with E-state index in [1.165, 1.54) is 225 Å². The molecule has 0 saturated heterocycles. The van der Waals surface area contributed by atoms with E-state index in [1.54, 1.807) is 6.08 Å². The standard InChI is InChI=1S/C56H107NO4/c1-3-5-7-9-11-13-15-17-19-21-22-23-24-25-26-27-28-29-30-31-32-33-34-35-37-39-41-43-45-47-49-53(59)51-56(61)57-54(52-58)55(60)50-48-46-44-42-40-38-36-20-18-16-14-12-10-8-6-4-2/h18,20,40,42,48,50,53-55,58-60H,3-17,19,21-39,41,43-47,49,51-52H2,1-2H3,(H,57,61)/b20-18+,42-40+,50-48+. The third-order valence-electron chi connectivity index (χ3n) is 12.7. The van der Waals surface area contributed by atoms with Gasteiger partial charge in [0.2, 0.25) is 5.91 Å². The van der Waals surface area contributed by atoms with E-state index in [0.717, 1.165) is 38.5 Å². The summed E-state index contributed by atoms with van der Waals surface area (Å²) in [6, 6.07) is -0.766. The number of rotatable bonds is 50. The monoisotopic (exact) mass is 858 g/mol. The van der Waals surface area contributed by atoms with E-state index in [2.05, 4.69) is 43.5 Å². The number of carbonyl (C=O) groups is 1. The first-order valence-electron chi connectivity index (χ1n) is 27.3. The SMILES string of the molecule is CCCCCCCC/C=C/CC/C=C/CC/C=C/C(O)C(CO)NC(=O)CC(O)CCCCCCCCCCCCCCCCCCCCCCCCCCCCCCCC. The topological polar surface area (TPSA) is 89.8 Å². The zero-order valence-corrected chi connectivity index (χ0v) is 41.1. The van der Waals surface area contributed by atoms with Crippen LogP contribution in [0.25, 0.3) is 0 Å². The minimum absolute atomic E-state index is 0.00548. The summed E-state index contributed by atoms with van der Waals surface area (Å²) < 4.78 is 0. The van der Waals surface area contributed by atoms with Gasteiger partial charge in [-0.3, -0.25) is 4.79 Å². The highest BCUT2D eigenvalue weighted by atomic mass is 16.3. The van der Waals surface area contributed by atoms with Gasteiger partial charge in [-0.1, -0.05) is 275 Å². The first kappa shape index (κ1) is 59.6. The molecule has 0 aromatic carbocycles. The molecule has 0 saturated carbocycles. The number of unbranched alkanes of at least 4 members (excludes halogenated alkanes) is 37. The highest BCUT2D eigenvalue weighted by Gasteiger charge is 2.20. The van der Waals surface area contributed by atoms with Crippen LogP contribution >= 0.6 is 0 Å². The molecule has 0 rings (SSSR count). The van der Waals surface area contributed by atoms with Crippen LogP contribution in [0.5, 0.6) is 0 Å². The molecule has 3 atom stereocenters. The molecule has 0 aliphatic heterocycles. The normalized spacial score (nSPS) is 13.6. The van der Waals surface area contributed by atoms with Crippen molar-refractivity contribution in [1.29, 1.82) is 0 Å². The molecule has 0 aliphatic carbocycles. The lowest BCUT2D eigenvalue weighted by Crippen LogP contribution is -2.45. The number of nitrogens with one attached hydrogen (secondary N) is 1. The van der Waals surface area contributed by atoms with E-state index in [4.69, 9.17) is 0 Å². The minimum Gasteiger partial charge on any atom is -0.394 e. The largest absolute Gasteiger partial charge is 0.394 e. The van der Waals surface area contributed by atoms with Crippen molar-refractivity contribution in [2.45, 2.75) is 308 Å². The van der Waals surface area contributed by atoms with Crippen LogP contribution in [0.4, 0.5) is 0 Å². The summed E-state index contributed by atoms with van der Waals surface area (Å²) in [7, 11) is 0. The van der Waals surface area contributed by atoms with Gasteiger partial charge in [-0.25, -0.2) is 0 Å². The summed E-state index contributed by atoms with van der Waals surface area (Å²) >= 11 is 0. The molecule has 0 bridgehead atoms. The molecule has 0 aromatic heterocycles. The number of hydrogen-bond donors (Lipinski definition) is 4. The van der Waals surface area contributed by atoms with Gasteiger partial charge in [0, 0.05) is 0 Å². The van der Waals surface area contributed by atoms with Crippen molar-refractivity contribution >= 4 is 5.91 Å². The second-order valence-corrected chi connectivity index (χ2v) is 18.8. The zero-order chi connectivity index (χ0) is 44.4. The molecule has 0 aliphatic rings. The maximum Gasteiger partial charge on any atom is 0.222 e. The molecular weight excluding hydrogens is 751 g/mol. The molecule has 5 nitrogen and oxygen atoms in total. The van der Waals surface area contributed by atoms with E-state index in [1.807, 2.05) is 6.08 Å². The Hall–Kier alpha value is -1.43. The van der Waals surface area contributed by atoms with Gasteiger partial charge in [-0.2, -0.15) is 0 Å². The Kier molecular flexibility index (Phi) is 50.0. The number of amides is 1.